The van der Waals surface area contributed by atoms with Crippen LogP contribution < -0.4 is 10.1 Å². The summed E-state index contributed by atoms with van der Waals surface area (Å²) < 4.78 is 5.10. The van der Waals surface area contributed by atoms with Gasteiger partial charge in [-0.3, -0.25) is 14.9 Å². The number of carboxylic acids is 1. The van der Waals surface area contributed by atoms with Crippen LogP contribution in [0.5, 0.6) is 5.75 Å². The van der Waals surface area contributed by atoms with Gasteiger partial charge in [0, 0.05) is 11.6 Å². The van der Waals surface area contributed by atoms with E-state index in [0.29, 0.717) is 5.56 Å². The number of methoxy groups -OCH3 is 1. The molecule has 0 radical (unpaired) electrons. The minimum absolute atomic E-state index is 0.0549. The molecule has 0 saturated carbocycles. The highest BCUT2D eigenvalue weighted by molar-refractivity contribution is 5.98. The highest BCUT2D eigenvalue weighted by Gasteiger charge is 2.26. The number of amides is 1. The van der Waals surface area contributed by atoms with E-state index in [4.69, 9.17) is 4.74 Å². The summed E-state index contributed by atoms with van der Waals surface area (Å²) in [5.74, 6) is -1.80. The van der Waals surface area contributed by atoms with Crippen LogP contribution in [0.4, 0.5) is 5.69 Å². The van der Waals surface area contributed by atoms with Crippen LogP contribution in [0.1, 0.15) is 38.7 Å². The van der Waals surface area contributed by atoms with E-state index in [0.717, 1.165) is 17.2 Å². The fourth-order valence-corrected chi connectivity index (χ4v) is 2.78. The summed E-state index contributed by atoms with van der Waals surface area (Å²) in [5.41, 5.74) is 2.03. The molecule has 2 aromatic rings. The smallest absolute Gasteiger partial charge is 0.330 e. The normalized spacial score (nSPS) is 11.6. The van der Waals surface area contributed by atoms with Crippen LogP contribution in [-0.4, -0.2) is 29.0 Å². The Hall–Kier alpha value is -3.42. The van der Waals surface area contributed by atoms with E-state index in [1.54, 1.807) is 19.1 Å². The van der Waals surface area contributed by atoms with Gasteiger partial charge in [0.1, 0.15) is 5.75 Å². The van der Waals surface area contributed by atoms with Crippen LogP contribution in [0.3, 0.4) is 0 Å². The molecule has 2 rings (SSSR count). The van der Waals surface area contributed by atoms with E-state index in [1.165, 1.54) is 20.1 Å². The second-order valence-corrected chi connectivity index (χ2v) is 6.11. The zero-order chi connectivity index (χ0) is 20.3. The summed E-state index contributed by atoms with van der Waals surface area (Å²) in [6.07, 6.45) is 0. The lowest BCUT2D eigenvalue weighted by Crippen LogP contribution is -2.34. The monoisotopic (exact) mass is 372 g/mol. The quantitative estimate of drug-likeness (QED) is 0.594. The van der Waals surface area contributed by atoms with Crippen molar-refractivity contribution in [2.45, 2.75) is 26.8 Å². The van der Waals surface area contributed by atoms with E-state index in [-0.39, 0.29) is 22.6 Å². The number of rotatable bonds is 6. The third-order valence-electron chi connectivity index (χ3n) is 4.49. The molecule has 142 valence electrons. The molecule has 0 aliphatic rings. The van der Waals surface area contributed by atoms with Gasteiger partial charge in [-0.15, -0.1) is 0 Å². The summed E-state index contributed by atoms with van der Waals surface area (Å²) in [5, 5.41) is 23.2. The van der Waals surface area contributed by atoms with Crippen molar-refractivity contribution in [3.05, 3.63) is 68.3 Å². The van der Waals surface area contributed by atoms with Gasteiger partial charge in [-0.25, -0.2) is 4.79 Å². The fourth-order valence-electron chi connectivity index (χ4n) is 2.78. The molecule has 0 aromatic heterocycles. The lowest BCUT2D eigenvalue weighted by molar-refractivity contribution is -0.385. The van der Waals surface area contributed by atoms with Crippen LogP contribution in [0.25, 0.3) is 0 Å². The first-order valence-corrected chi connectivity index (χ1v) is 8.10. The largest absolute Gasteiger partial charge is 0.496 e. The van der Waals surface area contributed by atoms with Crippen LogP contribution in [0, 0.1) is 30.9 Å². The molecule has 8 heteroatoms. The molecule has 27 heavy (non-hydrogen) atoms. The first-order chi connectivity index (χ1) is 12.7. The molecule has 2 aromatic carbocycles. The van der Waals surface area contributed by atoms with Crippen LogP contribution >= 0.6 is 0 Å². The number of nitrogens with one attached hydrogen (secondary N) is 1. The number of carbonyl (C=O) groups is 2. The highest BCUT2D eigenvalue weighted by Crippen LogP contribution is 2.30. The van der Waals surface area contributed by atoms with E-state index in [2.05, 4.69) is 5.32 Å². The molecule has 1 unspecified atom stereocenters. The van der Waals surface area contributed by atoms with Gasteiger partial charge in [-0.1, -0.05) is 18.2 Å². The zero-order valence-corrected chi connectivity index (χ0v) is 15.4. The average molecular weight is 372 g/mol. The van der Waals surface area contributed by atoms with Crippen molar-refractivity contribution < 1.29 is 24.4 Å². The van der Waals surface area contributed by atoms with Gasteiger partial charge < -0.3 is 15.2 Å². The molecule has 1 atom stereocenters. The Morgan fingerprint density at radius 2 is 1.85 bits per heavy atom. The Kier molecular flexibility index (Phi) is 5.79. The summed E-state index contributed by atoms with van der Waals surface area (Å²) in [4.78, 5) is 35.0. The van der Waals surface area contributed by atoms with E-state index in [9.17, 15) is 24.8 Å². The minimum Gasteiger partial charge on any atom is -0.496 e. The second-order valence-electron chi connectivity index (χ2n) is 6.11. The van der Waals surface area contributed by atoms with Crippen molar-refractivity contribution in [1.29, 1.82) is 0 Å². The number of ether oxygens (including phenoxy) is 1. The third-order valence-corrected chi connectivity index (χ3v) is 4.49. The first kappa shape index (κ1) is 19.9. The molecule has 0 saturated heterocycles. The molecule has 8 nitrogen and oxygen atoms in total. The number of nitro benzene ring substituents is 1. The number of aliphatic carboxylic acids is 1. The van der Waals surface area contributed by atoms with Gasteiger partial charge in [0.25, 0.3) is 11.6 Å². The average Bonchev–Trinajstić information content (AvgIpc) is 2.61. The van der Waals surface area contributed by atoms with Crippen LogP contribution in [-0.2, 0) is 4.79 Å². The van der Waals surface area contributed by atoms with Gasteiger partial charge in [0.2, 0.25) is 0 Å². The Balaban J connectivity index is 2.45. The molecule has 0 aliphatic carbocycles. The molecule has 1 amide bonds. The van der Waals surface area contributed by atoms with Crippen molar-refractivity contribution in [2.75, 3.05) is 7.11 Å². The Morgan fingerprint density at radius 1 is 1.19 bits per heavy atom. The standard InChI is InChI=1S/C19H20N2O6/c1-10-6-5-7-14(11(10)2)17(19(23)24)20-18(22)13-8-15(21(25)26)12(3)16(9-13)27-4/h5-9,17H,1-4H3,(H,20,22)(H,23,24). The van der Waals surface area contributed by atoms with Gasteiger partial charge in [0.15, 0.2) is 6.04 Å². The Labute approximate surface area is 155 Å². The second kappa shape index (κ2) is 7.86. The Bertz CT molecular complexity index is 923. The topological polar surface area (TPSA) is 119 Å². The number of benzene rings is 2. The van der Waals surface area contributed by atoms with Crippen molar-refractivity contribution in [2.24, 2.45) is 0 Å². The SMILES string of the molecule is COc1cc(C(=O)NC(C(=O)O)c2cccc(C)c2C)cc([N+](=O)[O-])c1C. The summed E-state index contributed by atoms with van der Waals surface area (Å²) >= 11 is 0. The number of carbonyl (C=O) groups excluding carboxylic acids is 1. The van der Waals surface area contributed by atoms with E-state index >= 15 is 0 Å². The number of nitrogens with zero attached hydrogens (tertiary/aromatic N) is 1. The number of carboxylic acid groups (broad SMARTS) is 1. The van der Waals surface area contributed by atoms with Gasteiger partial charge >= 0.3 is 5.97 Å². The first-order valence-electron chi connectivity index (χ1n) is 8.10. The summed E-state index contributed by atoms with van der Waals surface area (Å²) in [6, 6.07) is 6.34. The van der Waals surface area contributed by atoms with Crippen LogP contribution in [0.2, 0.25) is 0 Å². The number of hydrogen-bond donors (Lipinski definition) is 2. The van der Waals surface area contributed by atoms with Gasteiger partial charge in [-0.2, -0.15) is 0 Å². The van der Waals surface area contributed by atoms with Gasteiger partial charge in [0.05, 0.1) is 17.6 Å². The number of hydrogen-bond acceptors (Lipinski definition) is 5. The predicted molar refractivity (Wildman–Crippen MR) is 98.1 cm³/mol. The molecular weight excluding hydrogens is 352 g/mol. The Morgan fingerprint density at radius 3 is 2.41 bits per heavy atom. The predicted octanol–water partition coefficient (Wildman–Crippen LogP) is 3.08. The lowest BCUT2D eigenvalue weighted by Gasteiger charge is -2.18. The molecule has 2 N–H and O–H groups in total. The van der Waals surface area contributed by atoms with Crippen molar-refractivity contribution in [3.63, 3.8) is 0 Å². The van der Waals surface area contributed by atoms with Crippen molar-refractivity contribution >= 4 is 17.6 Å². The third kappa shape index (κ3) is 4.05. The molecular formula is C19H20N2O6. The fraction of sp³-hybridized carbons (Fsp3) is 0.263. The summed E-state index contributed by atoms with van der Waals surface area (Å²) in [6.45, 7) is 5.12. The van der Waals surface area contributed by atoms with Crippen LogP contribution in [0.15, 0.2) is 30.3 Å². The maximum Gasteiger partial charge on any atom is 0.330 e. The minimum atomic E-state index is -1.29. The summed E-state index contributed by atoms with van der Waals surface area (Å²) in [7, 11) is 1.34. The lowest BCUT2D eigenvalue weighted by atomic mass is 9.97. The maximum absolute atomic E-state index is 12.6. The van der Waals surface area contributed by atoms with Gasteiger partial charge in [-0.05, 0) is 43.5 Å². The molecule has 0 aliphatic heterocycles. The molecule has 0 spiro atoms. The number of aryl methyl sites for hydroxylation is 1. The van der Waals surface area contributed by atoms with E-state index in [1.807, 2.05) is 13.0 Å². The highest BCUT2D eigenvalue weighted by atomic mass is 16.6. The molecule has 0 heterocycles. The number of nitro groups is 1. The maximum atomic E-state index is 12.6. The zero-order valence-electron chi connectivity index (χ0n) is 15.4. The molecule has 0 bridgehead atoms. The van der Waals surface area contributed by atoms with E-state index < -0.39 is 22.8 Å². The molecule has 0 fully saturated rings. The van der Waals surface area contributed by atoms with Crippen molar-refractivity contribution in [3.8, 4) is 5.75 Å². The van der Waals surface area contributed by atoms with Crippen molar-refractivity contribution in [1.82, 2.24) is 5.32 Å².